The lowest BCUT2D eigenvalue weighted by Crippen LogP contribution is -2.46. The van der Waals surface area contributed by atoms with Crippen LogP contribution in [0.5, 0.6) is 0 Å². The lowest BCUT2D eigenvalue weighted by Gasteiger charge is -2.39. The number of alkyl halides is 6. The summed E-state index contributed by atoms with van der Waals surface area (Å²) in [6, 6.07) is 0.667. The van der Waals surface area contributed by atoms with E-state index in [0.29, 0.717) is 19.2 Å². The van der Waals surface area contributed by atoms with Crippen molar-refractivity contribution in [3.8, 4) is 0 Å². The zero-order valence-electron chi connectivity index (χ0n) is 15.0. The van der Waals surface area contributed by atoms with Gasteiger partial charge in [0, 0.05) is 17.8 Å². The Labute approximate surface area is 159 Å². The fraction of sp³-hybridized carbons (Fsp3) is 0.353. The quantitative estimate of drug-likeness (QED) is 0.688. The Morgan fingerprint density at radius 3 is 2.34 bits per heavy atom. The highest BCUT2D eigenvalue weighted by Crippen LogP contribution is 2.52. The van der Waals surface area contributed by atoms with Crippen LogP contribution in [0, 0.1) is 11.3 Å². The molecule has 0 spiro atoms. The third-order valence-electron chi connectivity index (χ3n) is 4.76. The van der Waals surface area contributed by atoms with Crippen molar-refractivity contribution in [2.75, 3.05) is 5.32 Å². The molecule has 0 saturated carbocycles. The normalized spacial score (nSPS) is 23.3. The number of pyridine rings is 1. The van der Waals surface area contributed by atoms with Crippen LogP contribution in [-0.2, 0) is 6.18 Å². The van der Waals surface area contributed by atoms with E-state index in [1.54, 1.807) is 0 Å². The summed E-state index contributed by atoms with van der Waals surface area (Å²) in [5, 5.41) is 2.26. The zero-order chi connectivity index (χ0) is 21.8. The Bertz CT molecular complexity index is 1020. The second-order valence-electron chi connectivity index (χ2n) is 6.69. The predicted molar refractivity (Wildman–Crippen MR) is 89.7 cm³/mol. The Hall–Kier alpha value is -2.92. The molecule has 0 radical (unpaired) electrons. The molecular weight excluding hydrogens is 407 g/mol. The molecule has 156 valence electrons. The monoisotopic (exact) mass is 421 g/mol. The van der Waals surface area contributed by atoms with E-state index >= 15 is 0 Å². The minimum absolute atomic E-state index is 0.258. The molecule has 0 amide bonds. The maximum atomic E-state index is 14.8. The Morgan fingerprint density at radius 2 is 1.76 bits per heavy atom. The third-order valence-corrected chi connectivity index (χ3v) is 4.76. The van der Waals surface area contributed by atoms with Gasteiger partial charge in [-0.2, -0.15) is 26.3 Å². The number of nitrogens with two attached hydrogens (primary N) is 1. The second kappa shape index (κ2) is 6.56. The van der Waals surface area contributed by atoms with Crippen LogP contribution in [0.15, 0.2) is 41.9 Å². The minimum Gasteiger partial charge on any atom is -0.401 e. The molecule has 2 atom stereocenters. The molecule has 2 aromatic rings. The van der Waals surface area contributed by atoms with Gasteiger partial charge in [0.25, 0.3) is 0 Å². The number of fused-ring (bicyclic) bond motifs is 1. The van der Waals surface area contributed by atoms with Crippen LogP contribution < -0.4 is 11.1 Å². The van der Waals surface area contributed by atoms with Gasteiger partial charge in [0.2, 0.25) is 0 Å². The van der Waals surface area contributed by atoms with Crippen molar-refractivity contribution >= 4 is 16.9 Å². The highest BCUT2D eigenvalue weighted by molar-refractivity contribution is 5.86. The van der Waals surface area contributed by atoms with Gasteiger partial charge in [0.15, 0.2) is 5.82 Å². The summed E-state index contributed by atoms with van der Waals surface area (Å²) in [4.78, 5) is 11.0. The summed E-state index contributed by atoms with van der Waals surface area (Å²) in [5.41, 5.74) is -0.450. The largest absolute Gasteiger partial charge is 0.417 e. The molecule has 1 aliphatic rings. The molecule has 2 heterocycles. The minimum atomic E-state index is -4.97. The first-order valence-corrected chi connectivity index (χ1v) is 8.16. The van der Waals surface area contributed by atoms with Crippen molar-refractivity contribution in [1.29, 1.82) is 0 Å². The summed E-state index contributed by atoms with van der Waals surface area (Å²) in [6.07, 6.45) is -7.38. The SMILES string of the molecule is C[C@@H]1C=C(N)[C@@](C)(C(F)(F)F)C(Nc2ncnc3cc(C(F)(F)F)cnc23)=C1F. The Balaban J connectivity index is 2.15. The first-order chi connectivity index (χ1) is 13.3. The highest BCUT2D eigenvalue weighted by atomic mass is 19.4. The van der Waals surface area contributed by atoms with Crippen molar-refractivity contribution < 1.29 is 30.7 Å². The van der Waals surface area contributed by atoms with E-state index in [4.69, 9.17) is 5.73 Å². The van der Waals surface area contributed by atoms with Gasteiger partial charge in [0.05, 0.1) is 16.8 Å². The van der Waals surface area contributed by atoms with Gasteiger partial charge in [-0.25, -0.2) is 14.4 Å². The molecule has 0 saturated heterocycles. The fourth-order valence-corrected chi connectivity index (χ4v) is 2.92. The van der Waals surface area contributed by atoms with Gasteiger partial charge in [0.1, 0.15) is 23.1 Å². The molecule has 5 nitrogen and oxygen atoms in total. The summed E-state index contributed by atoms with van der Waals surface area (Å²) < 4.78 is 94.7. The van der Waals surface area contributed by atoms with Crippen molar-refractivity contribution in [3.05, 3.63) is 47.5 Å². The maximum Gasteiger partial charge on any atom is 0.417 e. The van der Waals surface area contributed by atoms with Gasteiger partial charge in [-0.3, -0.25) is 4.98 Å². The van der Waals surface area contributed by atoms with Crippen LogP contribution in [-0.4, -0.2) is 21.1 Å². The topological polar surface area (TPSA) is 76.7 Å². The predicted octanol–water partition coefficient (Wildman–Crippen LogP) is 4.70. The number of nitrogens with one attached hydrogen (secondary N) is 1. The van der Waals surface area contributed by atoms with Crippen LogP contribution in [0.25, 0.3) is 11.0 Å². The third kappa shape index (κ3) is 3.36. The van der Waals surface area contributed by atoms with E-state index in [-0.39, 0.29) is 16.9 Å². The number of hydrogen-bond acceptors (Lipinski definition) is 5. The molecule has 3 rings (SSSR count). The molecule has 0 aliphatic heterocycles. The first-order valence-electron chi connectivity index (χ1n) is 8.16. The van der Waals surface area contributed by atoms with Gasteiger partial charge < -0.3 is 11.1 Å². The van der Waals surface area contributed by atoms with Crippen molar-refractivity contribution in [3.63, 3.8) is 0 Å². The van der Waals surface area contributed by atoms with Crippen molar-refractivity contribution in [2.24, 2.45) is 17.1 Å². The molecule has 12 heteroatoms. The van der Waals surface area contributed by atoms with Gasteiger partial charge in [-0.1, -0.05) is 13.0 Å². The Kier molecular flexibility index (Phi) is 4.71. The standard InChI is InChI=1S/C17H14F7N5/c1-7-3-10(25)15(2,17(22,23)24)13(11(7)18)29-14-12-9(27-6-28-14)4-8(5-26-12)16(19,20)21/h3-7H,25H2,1-2H3,(H,27,28,29)/t7-,15-/m1/s1. The van der Waals surface area contributed by atoms with Crippen molar-refractivity contribution in [2.45, 2.75) is 26.2 Å². The lowest BCUT2D eigenvalue weighted by molar-refractivity contribution is -0.192. The highest BCUT2D eigenvalue weighted by Gasteiger charge is 2.58. The summed E-state index contributed by atoms with van der Waals surface area (Å²) in [6.45, 7) is 2.01. The van der Waals surface area contributed by atoms with Crippen LogP contribution >= 0.6 is 0 Å². The Morgan fingerprint density at radius 1 is 1.10 bits per heavy atom. The molecule has 0 fully saturated rings. The molecular formula is C17H14F7N5. The number of rotatable bonds is 2. The van der Waals surface area contributed by atoms with E-state index < -0.39 is 46.5 Å². The molecule has 0 aromatic carbocycles. The summed E-state index contributed by atoms with van der Waals surface area (Å²) in [5.74, 6) is -2.56. The van der Waals surface area contributed by atoms with Crippen LogP contribution in [0.4, 0.5) is 36.6 Å². The first kappa shape index (κ1) is 20.8. The average Bonchev–Trinajstić information content (AvgIpc) is 2.61. The summed E-state index contributed by atoms with van der Waals surface area (Å²) >= 11 is 0. The zero-order valence-corrected chi connectivity index (χ0v) is 15.0. The molecule has 0 bridgehead atoms. The van der Waals surface area contributed by atoms with Crippen LogP contribution in [0.2, 0.25) is 0 Å². The number of anilines is 1. The van der Waals surface area contributed by atoms with E-state index in [9.17, 15) is 30.7 Å². The second-order valence-corrected chi connectivity index (χ2v) is 6.69. The van der Waals surface area contributed by atoms with Gasteiger partial charge in [-0.05, 0) is 13.0 Å². The van der Waals surface area contributed by atoms with Crippen LogP contribution in [0.3, 0.4) is 0 Å². The van der Waals surface area contributed by atoms with E-state index in [2.05, 4.69) is 20.3 Å². The van der Waals surface area contributed by atoms with Gasteiger partial charge >= 0.3 is 12.4 Å². The fourth-order valence-electron chi connectivity index (χ4n) is 2.92. The lowest BCUT2D eigenvalue weighted by atomic mass is 9.76. The van der Waals surface area contributed by atoms with E-state index in [0.717, 1.165) is 12.4 Å². The number of aromatic nitrogens is 3. The number of halogens is 7. The van der Waals surface area contributed by atoms with Gasteiger partial charge in [-0.15, -0.1) is 0 Å². The maximum absolute atomic E-state index is 14.8. The molecule has 29 heavy (non-hydrogen) atoms. The van der Waals surface area contributed by atoms with Crippen LogP contribution in [0.1, 0.15) is 19.4 Å². The molecule has 3 N–H and O–H groups in total. The van der Waals surface area contributed by atoms with Crippen molar-refractivity contribution in [1.82, 2.24) is 15.0 Å². The smallest absolute Gasteiger partial charge is 0.401 e. The van der Waals surface area contributed by atoms with E-state index in [1.807, 2.05) is 0 Å². The molecule has 0 unspecified atom stereocenters. The molecule has 1 aliphatic carbocycles. The van der Waals surface area contributed by atoms with E-state index in [1.165, 1.54) is 6.92 Å². The summed E-state index contributed by atoms with van der Waals surface area (Å²) in [7, 11) is 0. The number of nitrogens with zero attached hydrogens (tertiary/aromatic N) is 3. The molecule has 2 aromatic heterocycles. The number of allylic oxidation sites excluding steroid dienone is 2. The average molecular weight is 421 g/mol. The number of hydrogen-bond donors (Lipinski definition) is 2.